The molecule has 3 rings (SSSR count). The summed E-state index contributed by atoms with van der Waals surface area (Å²) in [5.41, 5.74) is 2.21. The fourth-order valence-electron chi connectivity index (χ4n) is 2.49. The van der Waals surface area contributed by atoms with Crippen LogP contribution in [0.4, 0.5) is 5.69 Å². The summed E-state index contributed by atoms with van der Waals surface area (Å²) in [5, 5.41) is 4.37. The van der Waals surface area contributed by atoms with E-state index in [0.717, 1.165) is 10.7 Å². The van der Waals surface area contributed by atoms with Crippen LogP contribution in [0.1, 0.15) is 31.4 Å². The zero-order valence-corrected chi connectivity index (χ0v) is 12.8. The van der Waals surface area contributed by atoms with Crippen LogP contribution in [-0.2, 0) is 0 Å². The van der Waals surface area contributed by atoms with E-state index in [2.05, 4.69) is 22.4 Å². The maximum atomic E-state index is 5.99. The first-order chi connectivity index (χ1) is 10.3. The second kappa shape index (κ2) is 6.35. The molecule has 0 bridgehead atoms. The van der Waals surface area contributed by atoms with Crippen LogP contribution in [0.3, 0.4) is 0 Å². The molecule has 0 saturated heterocycles. The number of anilines is 1. The van der Waals surface area contributed by atoms with E-state index in [1.54, 1.807) is 6.20 Å². The predicted octanol–water partition coefficient (Wildman–Crippen LogP) is 4.70. The molecule has 1 unspecified atom stereocenters. The Kier molecular flexibility index (Phi) is 4.30. The van der Waals surface area contributed by atoms with Crippen molar-refractivity contribution >= 4 is 17.3 Å². The van der Waals surface area contributed by atoms with Crippen LogP contribution in [0.2, 0.25) is 5.02 Å². The summed E-state index contributed by atoms with van der Waals surface area (Å²) in [4.78, 5) is 4.30. The Balaban J connectivity index is 1.84. The molecule has 0 aliphatic heterocycles. The van der Waals surface area contributed by atoms with Gasteiger partial charge in [-0.3, -0.25) is 0 Å². The highest BCUT2D eigenvalue weighted by molar-refractivity contribution is 6.30. The molecule has 4 heteroatoms. The highest BCUT2D eigenvalue weighted by atomic mass is 35.5. The molecule has 1 atom stereocenters. The van der Waals surface area contributed by atoms with Crippen molar-refractivity contribution in [1.29, 1.82) is 0 Å². The Morgan fingerprint density at radius 3 is 2.71 bits per heavy atom. The summed E-state index contributed by atoms with van der Waals surface area (Å²) in [6.45, 7) is 2.58. The van der Waals surface area contributed by atoms with E-state index in [4.69, 9.17) is 16.3 Å². The predicted molar refractivity (Wildman–Crippen MR) is 85.9 cm³/mol. The third kappa shape index (κ3) is 3.48. The molecule has 1 aromatic heterocycles. The van der Waals surface area contributed by atoms with Crippen molar-refractivity contribution < 1.29 is 4.74 Å². The first-order valence-electron chi connectivity index (χ1n) is 7.37. The van der Waals surface area contributed by atoms with Gasteiger partial charge < -0.3 is 10.1 Å². The first-order valence-corrected chi connectivity index (χ1v) is 7.75. The van der Waals surface area contributed by atoms with Crippen molar-refractivity contribution in [3.05, 3.63) is 53.2 Å². The van der Waals surface area contributed by atoms with Crippen LogP contribution in [0.15, 0.2) is 42.6 Å². The van der Waals surface area contributed by atoms with Crippen LogP contribution in [-0.4, -0.2) is 11.6 Å². The Hall–Kier alpha value is -1.74. The molecular formula is C17H19ClN2O. The minimum absolute atomic E-state index is 0.283. The number of pyridine rings is 1. The van der Waals surface area contributed by atoms with Crippen LogP contribution in [0.5, 0.6) is 5.88 Å². The van der Waals surface area contributed by atoms with E-state index in [-0.39, 0.29) is 6.04 Å². The topological polar surface area (TPSA) is 34.1 Å². The van der Waals surface area contributed by atoms with E-state index < -0.39 is 0 Å². The van der Waals surface area contributed by atoms with E-state index >= 15 is 0 Å². The molecule has 1 N–H and O–H groups in total. The van der Waals surface area contributed by atoms with Crippen LogP contribution < -0.4 is 10.1 Å². The molecule has 1 aromatic carbocycles. The first kappa shape index (κ1) is 14.2. The lowest BCUT2D eigenvalue weighted by Gasteiger charge is -2.21. The van der Waals surface area contributed by atoms with Gasteiger partial charge in [-0.05, 0) is 55.5 Å². The van der Waals surface area contributed by atoms with Gasteiger partial charge in [0.05, 0.1) is 18.3 Å². The maximum Gasteiger partial charge on any atom is 0.237 e. The summed E-state index contributed by atoms with van der Waals surface area (Å²) in [7, 11) is 0. The van der Waals surface area contributed by atoms with Crippen LogP contribution in [0, 0.1) is 5.92 Å². The zero-order valence-electron chi connectivity index (χ0n) is 12.1. The molecule has 110 valence electrons. The van der Waals surface area contributed by atoms with Gasteiger partial charge in [-0.2, -0.15) is 0 Å². The average Bonchev–Trinajstić information content (AvgIpc) is 3.32. The van der Waals surface area contributed by atoms with E-state index in [1.165, 1.54) is 18.4 Å². The number of benzene rings is 1. The van der Waals surface area contributed by atoms with Crippen molar-refractivity contribution in [3.8, 4) is 5.88 Å². The monoisotopic (exact) mass is 302 g/mol. The molecular weight excluding hydrogens is 284 g/mol. The highest BCUT2D eigenvalue weighted by Crippen LogP contribution is 2.43. The van der Waals surface area contributed by atoms with Crippen molar-refractivity contribution in [1.82, 2.24) is 4.98 Å². The number of halogens is 1. The van der Waals surface area contributed by atoms with Gasteiger partial charge in [-0.1, -0.05) is 23.7 Å². The number of rotatable bonds is 6. The number of hydrogen-bond donors (Lipinski definition) is 1. The minimum atomic E-state index is 0.283. The van der Waals surface area contributed by atoms with Gasteiger partial charge in [0.1, 0.15) is 0 Å². The van der Waals surface area contributed by atoms with Crippen LogP contribution >= 0.6 is 11.6 Å². The lowest BCUT2D eigenvalue weighted by molar-refractivity contribution is 0.328. The molecule has 1 aliphatic rings. The molecule has 1 aliphatic carbocycles. The minimum Gasteiger partial charge on any atom is -0.476 e. The summed E-state index contributed by atoms with van der Waals surface area (Å²) < 4.78 is 5.60. The molecule has 0 radical (unpaired) electrons. The number of ether oxygens (including phenoxy) is 1. The number of hydrogen-bond acceptors (Lipinski definition) is 3. The smallest absolute Gasteiger partial charge is 0.237 e. The summed E-state index contributed by atoms with van der Waals surface area (Å²) in [6, 6.07) is 12.3. The Morgan fingerprint density at radius 1 is 1.29 bits per heavy atom. The second-order valence-corrected chi connectivity index (χ2v) is 5.74. The van der Waals surface area contributed by atoms with Crippen molar-refractivity contribution in [2.75, 3.05) is 11.9 Å². The second-order valence-electron chi connectivity index (χ2n) is 5.30. The lowest BCUT2D eigenvalue weighted by atomic mass is 10.0. The zero-order chi connectivity index (χ0) is 14.7. The quantitative estimate of drug-likeness (QED) is 0.840. The Labute approximate surface area is 130 Å². The molecule has 21 heavy (non-hydrogen) atoms. The van der Waals surface area contributed by atoms with Crippen molar-refractivity contribution in [2.24, 2.45) is 5.92 Å². The fraction of sp³-hybridized carbons (Fsp3) is 0.353. The summed E-state index contributed by atoms with van der Waals surface area (Å²) >= 11 is 5.99. The Bertz CT molecular complexity index is 596. The molecule has 1 fully saturated rings. The van der Waals surface area contributed by atoms with E-state index in [9.17, 15) is 0 Å². The van der Waals surface area contributed by atoms with Crippen LogP contribution in [0.25, 0.3) is 0 Å². The number of aromatic nitrogens is 1. The van der Waals surface area contributed by atoms with Gasteiger partial charge in [-0.15, -0.1) is 0 Å². The highest BCUT2D eigenvalue weighted by Gasteiger charge is 2.32. The molecule has 2 aromatic rings. The Morgan fingerprint density at radius 2 is 2.05 bits per heavy atom. The van der Waals surface area contributed by atoms with Gasteiger partial charge >= 0.3 is 0 Å². The number of nitrogens with one attached hydrogen (secondary N) is 1. The normalized spacial score (nSPS) is 15.5. The van der Waals surface area contributed by atoms with Crippen molar-refractivity contribution in [3.63, 3.8) is 0 Å². The maximum absolute atomic E-state index is 5.99. The third-order valence-corrected chi connectivity index (χ3v) is 3.94. The van der Waals surface area contributed by atoms with Gasteiger partial charge in [0.2, 0.25) is 5.88 Å². The largest absolute Gasteiger partial charge is 0.476 e. The SMILES string of the molecule is CCOc1ncccc1NC(c1ccc(Cl)cc1)C1CC1. The average molecular weight is 303 g/mol. The van der Waals surface area contributed by atoms with Gasteiger partial charge in [-0.25, -0.2) is 4.98 Å². The molecule has 0 spiro atoms. The van der Waals surface area contributed by atoms with E-state index in [1.807, 2.05) is 31.2 Å². The summed E-state index contributed by atoms with van der Waals surface area (Å²) in [5.74, 6) is 1.33. The molecule has 3 nitrogen and oxygen atoms in total. The van der Waals surface area contributed by atoms with E-state index in [0.29, 0.717) is 18.4 Å². The molecule has 1 heterocycles. The van der Waals surface area contributed by atoms with Crippen molar-refractivity contribution in [2.45, 2.75) is 25.8 Å². The fourth-order valence-corrected chi connectivity index (χ4v) is 2.62. The molecule has 1 saturated carbocycles. The third-order valence-electron chi connectivity index (χ3n) is 3.69. The van der Waals surface area contributed by atoms with Gasteiger partial charge in [0, 0.05) is 11.2 Å². The standard InChI is InChI=1S/C17H19ClN2O/c1-2-21-17-15(4-3-11-19-17)20-16(12-5-6-12)13-7-9-14(18)10-8-13/h3-4,7-12,16,20H,2,5-6H2,1H3. The lowest BCUT2D eigenvalue weighted by Crippen LogP contribution is -2.14. The van der Waals surface area contributed by atoms with Gasteiger partial charge in [0.15, 0.2) is 0 Å². The molecule has 0 amide bonds. The van der Waals surface area contributed by atoms with Gasteiger partial charge in [0.25, 0.3) is 0 Å². The number of nitrogens with zero attached hydrogens (tertiary/aromatic N) is 1. The summed E-state index contributed by atoms with van der Waals surface area (Å²) in [6.07, 6.45) is 4.26.